The second-order valence-corrected chi connectivity index (χ2v) is 11.0. The average Bonchev–Trinajstić information content (AvgIpc) is 3.12. The van der Waals surface area contributed by atoms with Crippen LogP contribution in [0.1, 0.15) is 71.6 Å². The maximum atomic E-state index is 12.8. The first kappa shape index (κ1) is 24.9. The first-order chi connectivity index (χ1) is 14.0. The van der Waals surface area contributed by atoms with Gasteiger partial charge in [0.15, 0.2) is 0 Å². The smallest absolute Gasteiger partial charge is 0.330 e. The number of aliphatic imine (C=N–C) groups is 1. The fourth-order valence-corrected chi connectivity index (χ4v) is 6.12. The molecule has 2 heterocycles. The van der Waals surface area contributed by atoms with Crippen LogP contribution < -0.4 is 0 Å². The van der Waals surface area contributed by atoms with Gasteiger partial charge < -0.3 is 18.5 Å². The number of ether oxygens (including phenoxy) is 2. The van der Waals surface area contributed by atoms with Gasteiger partial charge in [0.1, 0.15) is 12.0 Å². The Labute approximate surface area is 179 Å². The zero-order chi connectivity index (χ0) is 21.1. The van der Waals surface area contributed by atoms with Crippen molar-refractivity contribution in [1.29, 1.82) is 0 Å². The highest BCUT2D eigenvalue weighted by Gasteiger charge is 2.38. The Balaban J connectivity index is 1.67. The summed E-state index contributed by atoms with van der Waals surface area (Å²) in [4.78, 5) is 15.7. The molecule has 0 aromatic heterocycles. The molecule has 7 nitrogen and oxygen atoms in total. The van der Waals surface area contributed by atoms with Gasteiger partial charge in [-0.25, -0.2) is 0 Å². The summed E-state index contributed by atoms with van der Waals surface area (Å²) in [5.41, 5.74) is -0.0507. The molecule has 2 aliphatic heterocycles. The fraction of sp³-hybridized carbons (Fsp3) is 0.900. The minimum absolute atomic E-state index is 0.0507. The van der Waals surface area contributed by atoms with E-state index >= 15 is 0 Å². The predicted molar refractivity (Wildman–Crippen MR) is 117 cm³/mol. The van der Waals surface area contributed by atoms with Crippen LogP contribution >= 0.6 is 19.4 Å². The standard InChI is InChI=1S/C20H36NO6PS/c1-4-5-6-7-8-9-13-26-28(23,24-3)14-12-19-21-18-11-10-17(15-25-16(2)22)27-20(18)29-19/h17-18,20H,4-15H2,1-3H3/t17-,18-,20-,28?/m1/s1. The van der Waals surface area contributed by atoms with Crippen LogP contribution in [-0.4, -0.2) is 55.1 Å². The van der Waals surface area contributed by atoms with Crippen molar-refractivity contribution in [3.05, 3.63) is 0 Å². The third kappa shape index (κ3) is 9.09. The van der Waals surface area contributed by atoms with Gasteiger partial charge in [0.25, 0.3) is 0 Å². The Morgan fingerprint density at radius 2 is 2.00 bits per heavy atom. The molecule has 0 aromatic rings. The Hall–Kier alpha value is -0.400. The number of fused-ring (bicyclic) bond motifs is 1. The number of carbonyl (C=O) groups is 1. The first-order valence-electron chi connectivity index (χ1n) is 10.8. The summed E-state index contributed by atoms with van der Waals surface area (Å²) >= 11 is 1.58. The molecular weight excluding hydrogens is 413 g/mol. The van der Waals surface area contributed by atoms with Crippen LogP contribution in [0, 0.1) is 0 Å². The number of carbonyl (C=O) groups excluding carboxylic acids is 1. The van der Waals surface area contributed by atoms with Crippen molar-refractivity contribution in [2.75, 3.05) is 26.5 Å². The lowest BCUT2D eigenvalue weighted by atomic mass is 10.1. The number of hydrogen-bond donors (Lipinski definition) is 0. The van der Waals surface area contributed by atoms with Crippen LogP contribution in [0.3, 0.4) is 0 Å². The van der Waals surface area contributed by atoms with Crippen molar-refractivity contribution in [1.82, 2.24) is 0 Å². The van der Waals surface area contributed by atoms with Crippen molar-refractivity contribution >= 4 is 30.4 Å². The number of esters is 1. The third-order valence-corrected chi connectivity index (χ3v) is 8.27. The van der Waals surface area contributed by atoms with Crippen molar-refractivity contribution < 1.29 is 27.9 Å². The first-order valence-corrected chi connectivity index (χ1v) is 13.4. The summed E-state index contributed by atoms with van der Waals surface area (Å²) in [6.07, 6.45) is 9.52. The van der Waals surface area contributed by atoms with Crippen molar-refractivity contribution in [2.24, 2.45) is 4.99 Å². The SMILES string of the molecule is CCCCCCCCOP(=O)(CCC1=N[C@@H]2CC[C@H](COC(C)=O)O[C@@H]2S1)OC. The van der Waals surface area contributed by atoms with E-state index in [1.165, 1.54) is 39.7 Å². The third-order valence-electron chi connectivity index (χ3n) is 5.12. The van der Waals surface area contributed by atoms with E-state index in [9.17, 15) is 9.36 Å². The molecule has 0 aliphatic carbocycles. The Morgan fingerprint density at radius 1 is 1.24 bits per heavy atom. The van der Waals surface area contributed by atoms with Crippen LogP contribution in [0.15, 0.2) is 4.99 Å². The Morgan fingerprint density at radius 3 is 2.72 bits per heavy atom. The quantitative estimate of drug-likeness (QED) is 0.205. The van der Waals surface area contributed by atoms with E-state index in [1.54, 1.807) is 11.8 Å². The van der Waals surface area contributed by atoms with Crippen LogP contribution in [0.25, 0.3) is 0 Å². The average molecular weight is 450 g/mol. The molecule has 0 amide bonds. The number of nitrogens with zero attached hydrogens (tertiary/aromatic N) is 1. The molecule has 1 fully saturated rings. The second-order valence-electron chi connectivity index (χ2n) is 7.58. The molecule has 0 N–H and O–H groups in total. The molecule has 0 aromatic carbocycles. The predicted octanol–water partition coefficient (Wildman–Crippen LogP) is 5.18. The van der Waals surface area contributed by atoms with Gasteiger partial charge in [-0.15, -0.1) is 0 Å². The molecule has 1 saturated heterocycles. The van der Waals surface area contributed by atoms with Gasteiger partial charge in [-0.1, -0.05) is 50.8 Å². The van der Waals surface area contributed by atoms with Crippen molar-refractivity contribution in [3.63, 3.8) is 0 Å². The molecule has 2 aliphatic rings. The van der Waals surface area contributed by atoms with E-state index in [4.69, 9.17) is 23.5 Å². The summed E-state index contributed by atoms with van der Waals surface area (Å²) in [6, 6.07) is 0.120. The number of thioether (sulfide) groups is 1. The summed E-state index contributed by atoms with van der Waals surface area (Å²) in [7, 11) is -1.63. The zero-order valence-electron chi connectivity index (χ0n) is 18.0. The lowest BCUT2D eigenvalue weighted by Gasteiger charge is -2.30. The largest absolute Gasteiger partial charge is 0.463 e. The van der Waals surface area contributed by atoms with E-state index < -0.39 is 7.60 Å². The molecule has 0 spiro atoms. The zero-order valence-corrected chi connectivity index (χ0v) is 19.7. The maximum absolute atomic E-state index is 12.8. The number of unbranched alkanes of at least 4 members (excludes halogenated alkanes) is 5. The van der Waals surface area contributed by atoms with Crippen molar-refractivity contribution in [2.45, 2.75) is 89.2 Å². The molecule has 168 valence electrons. The van der Waals surface area contributed by atoms with Crippen LogP contribution in [0.5, 0.6) is 0 Å². The molecule has 1 unspecified atom stereocenters. The van der Waals surface area contributed by atoms with E-state index in [0.717, 1.165) is 30.7 Å². The highest BCUT2D eigenvalue weighted by atomic mass is 32.2. The lowest BCUT2D eigenvalue weighted by Crippen LogP contribution is -2.36. The second kappa shape index (κ2) is 13.1. The van der Waals surface area contributed by atoms with E-state index in [2.05, 4.69) is 6.92 Å². The highest BCUT2D eigenvalue weighted by Crippen LogP contribution is 2.49. The van der Waals surface area contributed by atoms with E-state index in [1.807, 2.05) is 0 Å². The molecule has 0 saturated carbocycles. The van der Waals surface area contributed by atoms with Crippen LogP contribution in [0.2, 0.25) is 0 Å². The summed E-state index contributed by atoms with van der Waals surface area (Å²) < 4.78 is 34.7. The molecule has 4 atom stereocenters. The van der Waals surface area contributed by atoms with Crippen LogP contribution in [-0.2, 0) is 27.9 Å². The molecule has 0 bridgehead atoms. The Kier molecular flexibility index (Phi) is 11.2. The number of rotatable bonds is 14. The molecule has 2 rings (SSSR count). The van der Waals surface area contributed by atoms with E-state index in [0.29, 0.717) is 25.8 Å². The fourth-order valence-electron chi connectivity index (χ4n) is 3.41. The topological polar surface area (TPSA) is 83.4 Å². The molecular formula is C20H36NO6PS. The monoisotopic (exact) mass is 449 g/mol. The lowest BCUT2D eigenvalue weighted by molar-refractivity contribution is -0.147. The Bertz CT molecular complexity index is 587. The molecule has 29 heavy (non-hydrogen) atoms. The number of hydrogen-bond acceptors (Lipinski definition) is 8. The summed E-state index contributed by atoms with van der Waals surface area (Å²) in [5.74, 6) is -0.289. The minimum atomic E-state index is -3.08. The normalized spacial score (nSPS) is 25.9. The molecule has 9 heteroatoms. The van der Waals surface area contributed by atoms with Gasteiger partial charge in [0, 0.05) is 20.5 Å². The van der Waals surface area contributed by atoms with Gasteiger partial charge >= 0.3 is 13.6 Å². The van der Waals surface area contributed by atoms with Gasteiger partial charge in [0.05, 0.1) is 30.0 Å². The van der Waals surface area contributed by atoms with Crippen molar-refractivity contribution in [3.8, 4) is 0 Å². The minimum Gasteiger partial charge on any atom is -0.463 e. The van der Waals surface area contributed by atoms with Crippen LogP contribution in [0.4, 0.5) is 0 Å². The summed E-state index contributed by atoms with van der Waals surface area (Å²) in [6.45, 7) is 4.37. The maximum Gasteiger partial charge on any atom is 0.330 e. The van der Waals surface area contributed by atoms with Gasteiger partial charge in [-0.05, 0) is 19.3 Å². The van der Waals surface area contributed by atoms with Gasteiger partial charge in [-0.2, -0.15) is 0 Å². The van der Waals surface area contributed by atoms with E-state index in [-0.39, 0.29) is 23.6 Å². The van der Waals surface area contributed by atoms with Gasteiger partial charge in [-0.3, -0.25) is 14.4 Å². The molecule has 0 radical (unpaired) electrons. The van der Waals surface area contributed by atoms with Gasteiger partial charge in [0.2, 0.25) is 0 Å². The highest BCUT2D eigenvalue weighted by molar-refractivity contribution is 8.14. The summed E-state index contributed by atoms with van der Waals surface area (Å²) in [5, 5.41) is 0.938.